The number of methoxy groups -OCH3 is 1. The number of hydrogen-bond donors (Lipinski definition) is 1. The molecule has 0 bridgehead atoms. The minimum absolute atomic E-state index is 0.251. The first-order chi connectivity index (χ1) is 9.96. The van der Waals surface area contributed by atoms with Crippen LogP contribution in [0.1, 0.15) is 28.6 Å². The van der Waals surface area contributed by atoms with E-state index in [2.05, 4.69) is 10.5 Å². The first kappa shape index (κ1) is 15.5. The van der Waals surface area contributed by atoms with Crippen molar-refractivity contribution >= 4 is 17.5 Å². The van der Waals surface area contributed by atoms with Crippen molar-refractivity contribution in [2.24, 2.45) is 0 Å². The molecule has 112 valence electrons. The van der Waals surface area contributed by atoms with Gasteiger partial charge in [0, 0.05) is 12.1 Å². The van der Waals surface area contributed by atoms with Crippen LogP contribution in [0.15, 0.2) is 35.0 Å². The van der Waals surface area contributed by atoms with E-state index in [0.717, 1.165) is 5.56 Å². The van der Waals surface area contributed by atoms with Crippen molar-refractivity contribution in [3.63, 3.8) is 0 Å². The number of halogens is 1. The Kier molecular flexibility index (Phi) is 4.65. The number of hydrogen-bond acceptors (Lipinski definition) is 4. The molecular formula is C15H17ClN2O3. The van der Waals surface area contributed by atoms with Crippen LogP contribution in [-0.4, -0.2) is 24.7 Å². The van der Waals surface area contributed by atoms with E-state index in [4.69, 9.17) is 20.9 Å². The van der Waals surface area contributed by atoms with Crippen LogP contribution >= 0.6 is 11.6 Å². The van der Waals surface area contributed by atoms with E-state index < -0.39 is 5.60 Å². The van der Waals surface area contributed by atoms with E-state index in [-0.39, 0.29) is 5.91 Å². The minimum atomic E-state index is -0.675. The van der Waals surface area contributed by atoms with Crippen LogP contribution in [0.3, 0.4) is 0 Å². The Hall–Kier alpha value is -1.85. The van der Waals surface area contributed by atoms with Gasteiger partial charge in [-0.25, -0.2) is 0 Å². The lowest BCUT2D eigenvalue weighted by atomic mass is 9.95. The highest BCUT2D eigenvalue weighted by molar-refractivity contribution is 6.30. The molecule has 0 aliphatic rings. The lowest BCUT2D eigenvalue weighted by Gasteiger charge is -2.29. The third-order valence-corrected chi connectivity index (χ3v) is 3.70. The second-order valence-corrected chi connectivity index (χ2v) is 5.36. The summed E-state index contributed by atoms with van der Waals surface area (Å²) in [5.74, 6) is 0.230. The lowest BCUT2D eigenvalue weighted by molar-refractivity contribution is 0.00314. The number of ether oxygens (including phenoxy) is 1. The average molecular weight is 309 g/mol. The molecule has 0 aliphatic carbocycles. The fourth-order valence-electron chi connectivity index (χ4n) is 1.97. The summed E-state index contributed by atoms with van der Waals surface area (Å²) in [6.07, 6.45) is 1.40. The molecule has 2 rings (SSSR count). The van der Waals surface area contributed by atoms with Gasteiger partial charge in [-0.05, 0) is 31.5 Å². The minimum Gasteiger partial charge on any atom is -0.372 e. The predicted molar refractivity (Wildman–Crippen MR) is 79.4 cm³/mol. The van der Waals surface area contributed by atoms with E-state index in [1.165, 1.54) is 6.20 Å². The number of carbonyl (C=O) groups is 1. The quantitative estimate of drug-likeness (QED) is 0.922. The highest BCUT2D eigenvalue weighted by atomic mass is 35.5. The Labute approximate surface area is 128 Å². The average Bonchev–Trinajstić information content (AvgIpc) is 2.90. The van der Waals surface area contributed by atoms with Gasteiger partial charge in [0.25, 0.3) is 5.91 Å². The Morgan fingerprint density at radius 3 is 2.86 bits per heavy atom. The van der Waals surface area contributed by atoms with Crippen molar-refractivity contribution in [3.05, 3.63) is 52.4 Å². The zero-order chi connectivity index (χ0) is 15.5. The lowest BCUT2D eigenvalue weighted by Crippen LogP contribution is -2.40. The number of nitrogens with one attached hydrogen (secondary N) is 1. The van der Waals surface area contributed by atoms with Crippen molar-refractivity contribution < 1.29 is 14.1 Å². The van der Waals surface area contributed by atoms with Crippen molar-refractivity contribution in [1.82, 2.24) is 10.5 Å². The molecule has 1 atom stereocenters. The molecule has 1 aromatic carbocycles. The number of carbonyl (C=O) groups excluding carboxylic acids is 1. The van der Waals surface area contributed by atoms with Gasteiger partial charge in [0.2, 0.25) is 0 Å². The number of nitrogens with zero attached hydrogens (tertiary/aromatic N) is 1. The van der Waals surface area contributed by atoms with Gasteiger partial charge in [0.1, 0.15) is 16.9 Å². The molecule has 21 heavy (non-hydrogen) atoms. The van der Waals surface area contributed by atoms with Crippen molar-refractivity contribution in [2.75, 3.05) is 13.7 Å². The fraction of sp³-hybridized carbons (Fsp3) is 0.333. The fourth-order valence-corrected chi connectivity index (χ4v) is 2.16. The number of rotatable bonds is 5. The van der Waals surface area contributed by atoms with Crippen LogP contribution in [-0.2, 0) is 10.3 Å². The van der Waals surface area contributed by atoms with E-state index in [1.54, 1.807) is 20.1 Å². The molecule has 0 saturated carbocycles. The van der Waals surface area contributed by atoms with E-state index in [0.29, 0.717) is 22.9 Å². The van der Waals surface area contributed by atoms with Crippen LogP contribution in [0.25, 0.3) is 0 Å². The summed E-state index contributed by atoms with van der Waals surface area (Å²) < 4.78 is 10.4. The molecule has 0 radical (unpaired) electrons. The highest BCUT2D eigenvalue weighted by Crippen LogP contribution is 2.26. The molecule has 0 saturated heterocycles. The number of amides is 1. The standard InChI is InChI=1S/C15H17ClN2O3/c1-10-13(8-18-21-10)14(19)17-9-15(2,20-3)11-5-4-6-12(16)7-11/h4-8H,9H2,1-3H3,(H,17,19)/t15-/m0/s1. The second kappa shape index (κ2) is 6.28. The van der Waals surface area contributed by atoms with Gasteiger partial charge in [-0.3, -0.25) is 4.79 Å². The summed E-state index contributed by atoms with van der Waals surface area (Å²) in [4.78, 5) is 12.1. The summed E-state index contributed by atoms with van der Waals surface area (Å²) in [6, 6.07) is 7.37. The zero-order valence-electron chi connectivity index (χ0n) is 12.1. The maximum absolute atomic E-state index is 12.1. The van der Waals surface area contributed by atoms with E-state index in [1.807, 2.05) is 25.1 Å². The molecule has 1 N–H and O–H groups in total. The summed E-state index contributed by atoms with van der Waals surface area (Å²) in [6.45, 7) is 3.88. The highest BCUT2D eigenvalue weighted by Gasteiger charge is 2.27. The summed E-state index contributed by atoms with van der Waals surface area (Å²) in [7, 11) is 1.59. The second-order valence-electron chi connectivity index (χ2n) is 4.92. The van der Waals surface area contributed by atoms with Gasteiger partial charge in [0.05, 0.1) is 12.7 Å². The van der Waals surface area contributed by atoms with Crippen molar-refractivity contribution in [3.8, 4) is 0 Å². The summed E-state index contributed by atoms with van der Waals surface area (Å²) >= 11 is 6.01. The molecule has 0 unspecified atom stereocenters. The third kappa shape index (κ3) is 3.43. The van der Waals surface area contributed by atoms with Gasteiger partial charge in [-0.1, -0.05) is 28.9 Å². The molecule has 2 aromatic rings. The van der Waals surface area contributed by atoms with Gasteiger partial charge in [-0.15, -0.1) is 0 Å². The van der Waals surface area contributed by atoms with Crippen LogP contribution in [0.2, 0.25) is 5.02 Å². The predicted octanol–water partition coefficient (Wildman–Crippen LogP) is 2.93. The van der Waals surface area contributed by atoms with Gasteiger partial charge < -0.3 is 14.6 Å². The number of benzene rings is 1. The molecule has 5 nitrogen and oxygen atoms in total. The van der Waals surface area contributed by atoms with Gasteiger partial charge in [-0.2, -0.15) is 0 Å². The SMILES string of the molecule is CO[C@@](C)(CNC(=O)c1cnoc1C)c1cccc(Cl)c1. The molecule has 0 spiro atoms. The molecule has 1 amide bonds. The summed E-state index contributed by atoms with van der Waals surface area (Å²) in [5, 5.41) is 7.04. The van der Waals surface area contributed by atoms with Crippen LogP contribution < -0.4 is 5.32 Å². The molecule has 0 aliphatic heterocycles. The Morgan fingerprint density at radius 2 is 2.29 bits per heavy atom. The first-order valence-corrected chi connectivity index (χ1v) is 6.85. The van der Waals surface area contributed by atoms with Crippen molar-refractivity contribution in [1.29, 1.82) is 0 Å². The molecule has 0 fully saturated rings. The Morgan fingerprint density at radius 1 is 1.52 bits per heavy atom. The normalized spacial score (nSPS) is 13.7. The van der Waals surface area contributed by atoms with E-state index in [9.17, 15) is 4.79 Å². The molecule has 1 heterocycles. The number of aryl methyl sites for hydroxylation is 1. The zero-order valence-corrected chi connectivity index (χ0v) is 12.9. The van der Waals surface area contributed by atoms with Gasteiger partial charge in [0.15, 0.2) is 0 Å². The van der Waals surface area contributed by atoms with E-state index >= 15 is 0 Å². The van der Waals surface area contributed by atoms with Gasteiger partial charge >= 0.3 is 0 Å². The van der Waals surface area contributed by atoms with Crippen LogP contribution in [0.5, 0.6) is 0 Å². The molecule has 6 heteroatoms. The monoisotopic (exact) mass is 308 g/mol. The van der Waals surface area contributed by atoms with Crippen LogP contribution in [0, 0.1) is 6.92 Å². The molecular weight excluding hydrogens is 292 g/mol. The smallest absolute Gasteiger partial charge is 0.256 e. The topological polar surface area (TPSA) is 64.4 Å². The largest absolute Gasteiger partial charge is 0.372 e. The Bertz CT molecular complexity index is 641. The third-order valence-electron chi connectivity index (χ3n) is 3.47. The number of aromatic nitrogens is 1. The summed E-state index contributed by atoms with van der Waals surface area (Å²) in [5.41, 5.74) is 0.630. The Balaban J connectivity index is 2.12. The molecule has 1 aromatic heterocycles. The maximum Gasteiger partial charge on any atom is 0.256 e. The van der Waals surface area contributed by atoms with Crippen molar-refractivity contribution in [2.45, 2.75) is 19.4 Å². The maximum atomic E-state index is 12.1. The van der Waals surface area contributed by atoms with Crippen LogP contribution in [0.4, 0.5) is 0 Å². The first-order valence-electron chi connectivity index (χ1n) is 6.47.